The number of hydrogen-bond acceptors (Lipinski definition) is 3. The fourth-order valence-corrected chi connectivity index (χ4v) is 4.04. The van der Waals surface area contributed by atoms with Crippen molar-refractivity contribution in [3.8, 4) is 0 Å². The number of imidazole rings is 1. The maximum Gasteiger partial charge on any atom is 0.436 e. The molecular weight excluding hydrogens is 439 g/mol. The standard InChI is InChI=1S/C18H17BrF3N5O/c1-26-12-5-3-2-4-11(12)23-17(26)24-13(28)8-9-27-15(10-6-7-10)14(19)16(25-27)18(20,21)22/h2-5,10H,6-9H2,1H3,(H,23,24,28). The lowest BCUT2D eigenvalue weighted by Gasteiger charge is -2.08. The van der Waals surface area contributed by atoms with Gasteiger partial charge in [-0.15, -0.1) is 0 Å². The molecule has 0 spiro atoms. The molecule has 28 heavy (non-hydrogen) atoms. The van der Waals surface area contributed by atoms with Crippen molar-refractivity contribution in [2.45, 2.75) is 37.9 Å². The number of halogens is 4. The largest absolute Gasteiger partial charge is 0.436 e. The second-order valence-electron chi connectivity index (χ2n) is 6.82. The van der Waals surface area contributed by atoms with Gasteiger partial charge in [0, 0.05) is 19.4 Å². The Kier molecular flexibility index (Phi) is 4.68. The van der Waals surface area contributed by atoms with Gasteiger partial charge < -0.3 is 4.57 Å². The number of amides is 1. The van der Waals surface area contributed by atoms with Gasteiger partial charge in [0.1, 0.15) is 0 Å². The average Bonchev–Trinajstić information content (AvgIpc) is 3.34. The van der Waals surface area contributed by atoms with Crippen LogP contribution in [0.5, 0.6) is 0 Å². The highest BCUT2D eigenvalue weighted by Gasteiger charge is 2.41. The summed E-state index contributed by atoms with van der Waals surface area (Å²) in [4.78, 5) is 16.7. The fourth-order valence-electron chi connectivity index (χ4n) is 3.20. The van der Waals surface area contributed by atoms with Gasteiger partial charge in [-0.25, -0.2) is 4.98 Å². The van der Waals surface area contributed by atoms with Crippen LogP contribution in [0, 0.1) is 0 Å². The number of para-hydroxylation sites is 2. The Morgan fingerprint density at radius 3 is 2.68 bits per heavy atom. The number of carbonyl (C=O) groups is 1. The second-order valence-corrected chi connectivity index (χ2v) is 7.62. The highest BCUT2D eigenvalue weighted by atomic mass is 79.9. The maximum atomic E-state index is 13.2. The molecule has 0 unspecified atom stereocenters. The Balaban J connectivity index is 1.50. The number of nitrogens with zero attached hydrogens (tertiary/aromatic N) is 4. The average molecular weight is 456 g/mol. The number of fused-ring (bicyclic) bond motifs is 1. The minimum atomic E-state index is -4.54. The molecule has 4 rings (SSSR count). The summed E-state index contributed by atoms with van der Waals surface area (Å²) in [7, 11) is 1.79. The second kappa shape index (κ2) is 6.91. The van der Waals surface area contributed by atoms with Crippen molar-refractivity contribution in [1.29, 1.82) is 0 Å². The van der Waals surface area contributed by atoms with E-state index in [0.717, 1.165) is 23.9 Å². The van der Waals surface area contributed by atoms with Gasteiger partial charge in [0.2, 0.25) is 11.9 Å². The van der Waals surface area contributed by atoms with Crippen LogP contribution in [0.2, 0.25) is 0 Å². The molecule has 1 amide bonds. The van der Waals surface area contributed by atoms with Crippen LogP contribution in [-0.4, -0.2) is 25.2 Å². The Labute approximate surface area is 166 Å². The highest BCUT2D eigenvalue weighted by molar-refractivity contribution is 9.10. The van der Waals surface area contributed by atoms with Gasteiger partial charge in [-0.05, 0) is 40.9 Å². The Hall–Kier alpha value is -2.36. The van der Waals surface area contributed by atoms with Crippen molar-refractivity contribution in [3.63, 3.8) is 0 Å². The lowest BCUT2D eigenvalue weighted by Crippen LogP contribution is -2.18. The highest BCUT2D eigenvalue weighted by Crippen LogP contribution is 2.47. The van der Waals surface area contributed by atoms with Crippen LogP contribution >= 0.6 is 15.9 Å². The van der Waals surface area contributed by atoms with Crippen LogP contribution in [0.15, 0.2) is 28.7 Å². The van der Waals surface area contributed by atoms with Gasteiger partial charge in [-0.2, -0.15) is 18.3 Å². The Bertz CT molecular complexity index is 1050. The number of rotatable bonds is 5. The molecule has 10 heteroatoms. The number of nitrogens with one attached hydrogen (secondary N) is 1. The van der Waals surface area contributed by atoms with Crippen molar-refractivity contribution in [3.05, 3.63) is 40.1 Å². The Morgan fingerprint density at radius 1 is 1.32 bits per heavy atom. The zero-order chi connectivity index (χ0) is 20.1. The summed E-state index contributed by atoms with van der Waals surface area (Å²) in [5.74, 6) is 0.118. The first-order valence-electron chi connectivity index (χ1n) is 8.80. The van der Waals surface area contributed by atoms with Crippen LogP contribution in [0.1, 0.15) is 36.6 Å². The SMILES string of the molecule is Cn1c(NC(=O)CCn2nc(C(F)(F)F)c(Br)c2C2CC2)nc2ccccc21. The summed E-state index contributed by atoms with van der Waals surface area (Å²) in [6.45, 7) is 0.0658. The van der Waals surface area contributed by atoms with E-state index in [1.165, 1.54) is 4.68 Å². The molecule has 0 atom stereocenters. The van der Waals surface area contributed by atoms with Gasteiger partial charge in [0.05, 0.1) is 27.7 Å². The third-order valence-corrected chi connectivity index (χ3v) is 5.53. The molecule has 0 aliphatic heterocycles. The van der Waals surface area contributed by atoms with Crippen molar-refractivity contribution in [2.24, 2.45) is 7.05 Å². The molecule has 1 saturated carbocycles. The van der Waals surface area contributed by atoms with Crippen LogP contribution < -0.4 is 5.32 Å². The number of hydrogen-bond donors (Lipinski definition) is 1. The predicted octanol–water partition coefficient (Wildman–Crippen LogP) is 4.46. The normalized spacial score (nSPS) is 14.6. The summed E-state index contributed by atoms with van der Waals surface area (Å²) >= 11 is 3.05. The lowest BCUT2D eigenvalue weighted by molar-refractivity contribution is -0.142. The molecule has 1 fully saturated rings. The number of carbonyl (C=O) groups excluding carboxylic acids is 1. The van der Waals surface area contributed by atoms with E-state index in [-0.39, 0.29) is 29.3 Å². The molecular formula is C18H17BrF3N5O. The van der Waals surface area contributed by atoms with Crippen LogP contribution in [0.3, 0.4) is 0 Å². The van der Waals surface area contributed by atoms with Gasteiger partial charge >= 0.3 is 6.18 Å². The number of aromatic nitrogens is 4. The molecule has 0 radical (unpaired) electrons. The zero-order valence-electron chi connectivity index (χ0n) is 14.9. The molecule has 6 nitrogen and oxygen atoms in total. The molecule has 0 bridgehead atoms. The van der Waals surface area contributed by atoms with E-state index in [9.17, 15) is 18.0 Å². The monoisotopic (exact) mass is 455 g/mol. The number of aryl methyl sites for hydroxylation is 2. The Morgan fingerprint density at radius 2 is 2.04 bits per heavy atom. The molecule has 2 aromatic heterocycles. The molecule has 3 aromatic rings. The first kappa shape index (κ1) is 19.0. The van der Waals surface area contributed by atoms with Gasteiger partial charge in [-0.3, -0.25) is 14.8 Å². The van der Waals surface area contributed by atoms with E-state index >= 15 is 0 Å². The summed E-state index contributed by atoms with van der Waals surface area (Å²) in [6, 6.07) is 7.46. The molecule has 2 heterocycles. The van der Waals surface area contributed by atoms with E-state index in [2.05, 4.69) is 31.3 Å². The van der Waals surface area contributed by atoms with Crippen molar-refractivity contribution in [1.82, 2.24) is 19.3 Å². The molecule has 1 N–H and O–H groups in total. The number of anilines is 1. The van der Waals surface area contributed by atoms with Crippen LogP contribution in [0.4, 0.5) is 19.1 Å². The molecule has 1 aromatic carbocycles. The van der Waals surface area contributed by atoms with Gasteiger partial charge in [0.25, 0.3) is 0 Å². The van der Waals surface area contributed by atoms with Crippen LogP contribution in [0.25, 0.3) is 11.0 Å². The van der Waals surface area contributed by atoms with Gasteiger partial charge in [-0.1, -0.05) is 12.1 Å². The predicted molar refractivity (Wildman–Crippen MR) is 101 cm³/mol. The maximum absolute atomic E-state index is 13.2. The quantitative estimate of drug-likeness (QED) is 0.617. The van der Waals surface area contributed by atoms with E-state index in [1.807, 2.05) is 24.3 Å². The molecule has 0 saturated heterocycles. The number of benzene rings is 1. The van der Waals surface area contributed by atoms with Crippen LogP contribution in [-0.2, 0) is 24.6 Å². The third kappa shape index (κ3) is 3.52. The molecule has 148 valence electrons. The lowest BCUT2D eigenvalue weighted by atomic mass is 10.2. The molecule has 1 aliphatic rings. The molecule has 1 aliphatic carbocycles. The smallest absolute Gasteiger partial charge is 0.313 e. The topological polar surface area (TPSA) is 64.7 Å². The number of alkyl halides is 3. The minimum absolute atomic E-state index is 0.00561. The van der Waals surface area contributed by atoms with Crippen molar-refractivity contribution < 1.29 is 18.0 Å². The van der Waals surface area contributed by atoms with E-state index < -0.39 is 11.9 Å². The van der Waals surface area contributed by atoms with E-state index in [1.54, 1.807) is 11.6 Å². The van der Waals surface area contributed by atoms with Crippen molar-refractivity contribution in [2.75, 3.05) is 5.32 Å². The van der Waals surface area contributed by atoms with E-state index in [4.69, 9.17) is 0 Å². The first-order chi connectivity index (χ1) is 13.3. The summed E-state index contributed by atoms with van der Waals surface area (Å²) in [5, 5.41) is 6.44. The minimum Gasteiger partial charge on any atom is -0.313 e. The summed E-state index contributed by atoms with van der Waals surface area (Å²) in [6.07, 6.45) is -2.89. The van der Waals surface area contributed by atoms with E-state index in [0.29, 0.717) is 11.6 Å². The summed E-state index contributed by atoms with van der Waals surface area (Å²) in [5.41, 5.74) is 1.20. The first-order valence-corrected chi connectivity index (χ1v) is 9.59. The fraction of sp³-hybridized carbons (Fsp3) is 0.389. The van der Waals surface area contributed by atoms with Crippen molar-refractivity contribution >= 4 is 38.8 Å². The zero-order valence-corrected chi connectivity index (χ0v) is 16.5. The summed E-state index contributed by atoms with van der Waals surface area (Å²) < 4.78 is 42.5. The third-order valence-electron chi connectivity index (χ3n) is 4.75. The van der Waals surface area contributed by atoms with Gasteiger partial charge in [0.15, 0.2) is 5.69 Å².